The van der Waals surface area contributed by atoms with Crippen LogP contribution in [0.1, 0.15) is 58.6 Å². The maximum absolute atomic E-state index is 3.77. The zero-order valence-corrected chi connectivity index (χ0v) is 11.7. The summed E-state index contributed by atoms with van der Waals surface area (Å²) in [4.78, 5) is 0. The van der Waals surface area contributed by atoms with Gasteiger partial charge in [-0.15, -0.1) is 0 Å². The molecule has 0 aliphatic heterocycles. The van der Waals surface area contributed by atoms with Crippen molar-refractivity contribution in [3.8, 4) is 0 Å². The van der Waals surface area contributed by atoms with Gasteiger partial charge in [0, 0.05) is 12.1 Å². The van der Waals surface area contributed by atoms with E-state index in [1.54, 1.807) is 0 Å². The standard InChI is InChI=1S/C16H27N/c1-5-6-12-16(13(2)3)17-14(4)15-10-8-7-9-11-15/h7-11,13-14,16-17H,5-6,12H2,1-4H3/t14-,16+/m1/s1. The summed E-state index contributed by atoms with van der Waals surface area (Å²) in [5, 5.41) is 3.77. The first-order valence-electron chi connectivity index (χ1n) is 6.96. The summed E-state index contributed by atoms with van der Waals surface area (Å²) in [6.45, 7) is 9.14. The van der Waals surface area contributed by atoms with Gasteiger partial charge in [0.25, 0.3) is 0 Å². The van der Waals surface area contributed by atoms with Gasteiger partial charge < -0.3 is 5.32 Å². The molecular weight excluding hydrogens is 206 g/mol. The Hall–Kier alpha value is -0.820. The van der Waals surface area contributed by atoms with Gasteiger partial charge in [0.1, 0.15) is 0 Å². The Morgan fingerprint density at radius 3 is 2.24 bits per heavy atom. The molecule has 0 fully saturated rings. The Morgan fingerprint density at radius 1 is 1.06 bits per heavy atom. The van der Waals surface area contributed by atoms with E-state index in [9.17, 15) is 0 Å². The molecule has 0 aliphatic rings. The molecule has 1 aromatic carbocycles. The maximum Gasteiger partial charge on any atom is 0.0294 e. The minimum atomic E-state index is 0.445. The second-order valence-corrected chi connectivity index (χ2v) is 5.29. The number of hydrogen-bond acceptors (Lipinski definition) is 1. The van der Waals surface area contributed by atoms with Crippen molar-refractivity contribution in [3.63, 3.8) is 0 Å². The molecule has 0 saturated heterocycles. The first kappa shape index (κ1) is 14.2. The molecule has 1 aromatic rings. The smallest absolute Gasteiger partial charge is 0.0294 e. The van der Waals surface area contributed by atoms with Gasteiger partial charge in [0.15, 0.2) is 0 Å². The first-order valence-corrected chi connectivity index (χ1v) is 6.96. The van der Waals surface area contributed by atoms with Crippen LogP contribution in [-0.2, 0) is 0 Å². The molecule has 0 aliphatic carbocycles. The number of hydrogen-bond donors (Lipinski definition) is 1. The van der Waals surface area contributed by atoms with E-state index in [0.717, 1.165) is 0 Å². The van der Waals surface area contributed by atoms with E-state index in [-0.39, 0.29) is 0 Å². The van der Waals surface area contributed by atoms with Crippen molar-refractivity contribution in [2.75, 3.05) is 0 Å². The van der Waals surface area contributed by atoms with Gasteiger partial charge in [-0.2, -0.15) is 0 Å². The van der Waals surface area contributed by atoms with E-state index in [4.69, 9.17) is 0 Å². The van der Waals surface area contributed by atoms with Crippen LogP contribution in [0, 0.1) is 5.92 Å². The molecule has 96 valence electrons. The van der Waals surface area contributed by atoms with Crippen molar-refractivity contribution in [1.29, 1.82) is 0 Å². The predicted octanol–water partition coefficient (Wildman–Crippen LogP) is 4.55. The summed E-state index contributed by atoms with van der Waals surface area (Å²) in [6.07, 6.45) is 3.88. The molecule has 0 unspecified atom stereocenters. The lowest BCUT2D eigenvalue weighted by Gasteiger charge is -2.26. The molecule has 1 nitrogen and oxygen atoms in total. The summed E-state index contributed by atoms with van der Waals surface area (Å²) >= 11 is 0. The Balaban J connectivity index is 2.54. The SMILES string of the molecule is CCCC[C@H](N[C@H](C)c1ccccc1)C(C)C. The first-order chi connectivity index (χ1) is 8.15. The van der Waals surface area contributed by atoms with Crippen molar-refractivity contribution in [2.24, 2.45) is 5.92 Å². The molecular formula is C16H27N. The van der Waals surface area contributed by atoms with Gasteiger partial charge in [0.2, 0.25) is 0 Å². The number of rotatable bonds is 7. The predicted molar refractivity (Wildman–Crippen MR) is 76.1 cm³/mol. The van der Waals surface area contributed by atoms with E-state index in [1.807, 2.05) is 0 Å². The third kappa shape index (κ3) is 4.91. The number of nitrogens with one attached hydrogen (secondary N) is 1. The highest BCUT2D eigenvalue weighted by molar-refractivity contribution is 5.18. The normalized spacial score (nSPS) is 14.9. The van der Waals surface area contributed by atoms with Crippen molar-refractivity contribution >= 4 is 0 Å². The zero-order valence-electron chi connectivity index (χ0n) is 11.7. The highest BCUT2D eigenvalue weighted by Crippen LogP contribution is 2.17. The topological polar surface area (TPSA) is 12.0 Å². The van der Waals surface area contributed by atoms with Crippen LogP contribution in [0.5, 0.6) is 0 Å². The second-order valence-electron chi connectivity index (χ2n) is 5.29. The lowest BCUT2D eigenvalue weighted by atomic mass is 9.96. The van der Waals surface area contributed by atoms with Gasteiger partial charge in [-0.25, -0.2) is 0 Å². The van der Waals surface area contributed by atoms with E-state index < -0.39 is 0 Å². The van der Waals surface area contributed by atoms with Crippen LogP contribution in [0.2, 0.25) is 0 Å². The van der Waals surface area contributed by atoms with Crippen LogP contribution in [-0.4, -0.2) is 6.04 Å². The molecule has 17 heavy (non-hydrogen) atoms. The van der Waals surface area contributed by atoms with Gasteiger partial charge in [-0.1, -0.05) is 63.9 Å². The molecule has 0 heterocycles. The Labute approximate surface area is 107 Å². The van der Waals surface area contributed by atoms with Crippen LogP contribution < -0.4 is 5.32 Å². The molecule has 1 heteroatoms. The molecule has 1 N–H and O–H groups in total. The largest absolute Gasteiger partial charge is 0.307 e. The fourth-order valence-corrected chi connectivity index (χ4v) is 2.19. The van der Waals surface area contributed by atoms with E-state index in [2.05, 4.69) is 63.3 Å². The summed E-state index contributed by atoms with van der Waals surface area (Å²) in [5.74, 6) is 0.702. The molecule has 0 saturated carbocycles. The Bertz CT molecular complexity index is 292. The van der Waals surface area contributed by atoms with Gasteiger partial charge in [-0.05, 0) is 24.8 Å². The minimum Gasteiger partial charge on any atom is -0.307 e. The van der Waals surface area contributed by atoms with Crippen LogP contribution in [0.4, 0.5) is 0 Å². The van der Waals surface area contributed by atoms with E-state index in [1.165, 1.54) is 24.8 Å². The lowest BCUT2D eigenvalue weighted by molar-refractivity contribution is 0.339. The van der Waals surface area contributed by atoms with Gasteiger partial charge >= 0.3 is 0 Å². The molecule has 0 amide bonds. The lowest BCUT2D eigenvalue weighted by Crippen LogP contribution is -2.35. The van der Waals surface area contributed by atoms with Crippen molar-refractivity contribution in [3.05, 3.63) is 35.9 Å². The average molecular weight is 233 g/mol. The highest BCUT2D eigenvalue weighted by atomic mass is 14.9. The van der Waals surface area contributed by atoms with Crippen LogP contribution in [0.15, 0.2) is 30.3 Å². The van der Waals surface area contributed by atoms with Crippen molar-refractivity contribution in [1.82, 2.24) is 5.32 Å². The number of unbranched alkanes of at least 4 members (excludes halogenated alkanes) is 1. The van der Waals surface area contributed by atoms with Crippen LogP contribution in [0.3, 0.4) is 0 Å². The second kappa shape index (κ2) is 7.50. The Morgan fingerprint density at radius 2 is 1.71 bits per heavy atom. The third-order valence-corrected chi connectivity index (χ3v) is 3.44. The third-order valence-electron chi connectivity index (χ3n) is 3.44. The molecule has 2 atom stereocenters. The fraction of sp³-hybridized carbons (Fsp3) is 0.625. The summed E-state index contributed by atoms with van der Waals surface area (Å²) in [5.41, 5.74) is 1.38. The molecule has 0 bridgehead atoms. The maximum atomic E-state index is 3.77. The molecule has 1 rings (SSSR count). The van der Waals surface area contributed by atoms with Crippen LogP contribution in [0.25, 0.3) is 0 Å². The van der Waals surface area contributed by atoms with Crippen LogP contribution >= 0.6 is 0 Å². The van der Waals surface area contributed by atoms with E-state index >= 15 is 0 Å². The summed E-state index contributed by atoms with van der Waals surface area (Å²) in [7, 11) is 0. The quantitative estimate of drug-likeness (QED) is 0.728. The highest BCUT2D eigenvalue weighted by Gasteiger charge is 2.15. The minimum absolute atomic E-state index is 0.445. The number of benzene rings is 1. The van der Waals surface area contributed by atoms with Gasteiger partial charge in [-0.3, -0.25) is 0 Å². The zero-order chi connectivity index (χ0) is 12.7. The Kier molecular flexibility index (Phi) is 6.28. The molecule has 0 radical (unpaired) electrons. The summed E-state index contributed by atoms with van der Waals surface area (Å²) in [6, 6.07) is 11.8. The molecule has 0 spiro atoms. The fourth-order valence-electron chi connectivity index (χ4n) is 2.19. The average Bonchev–Trinajstić information content (AvgIpc) is 2.35. The van der Waals surface area contributed by atoms with E-state index in [0.29, 0.717) is 18.0 Å². The summed E-state index contributed by atoms with van der Waals surface area (Å²) < 4.78 is 0. The monoisotopic (exact) mass is 233 g/mol. The molecule has 0 aromatic heterocycles. The van der Waals surface area contributed by atoms with Crippen molar-refractivity contribution in [2.45, 2.75) is 59.0 Å². The van der Waals surface area contributed by atoms with Crippen molar-refractivity contribution < 1.29 is 0 Å². The van der Waals surface area contributed by atoms with Gasteiger partial charge in [0.05, 0.1) is 0 Å².